The third-order valence-corrected chi connectivity index (χ3v) is 4.71. The van der Waals surface area contributed by atoms with E-state index in [0.29, 0.717) is 23.4 Å². The molecule has 122 valence electrons. The molecular formula is C19H12N2O3S. The van der Waals surface area contributed by atoms with Crippen molar-refractivity contribution in [1.29, 1.82) is 0 Å². The summed E-state index contributed by atoms with van der Waals surface area (Å²) in [4.78, 5) is 27.3. The molecule has 1 atom stereocenters. The smallest absolute Gasteiger partial charge is 0.286 e. The zero-order chi connectivity index (χ0) is 17.2. The Labute approximate surface area is 147 Å². The van der Waals surface area contributed by atoms with Crippen molar-refractivity contribution in [1.82, 2.24) is 10.3 Å². The molecule has 1 saturated heterocycles. The van der Waals surface area contributed by atoms with Gasteiger partial charge in [0, 0.05) is 5.56 Å². The first-order valence-corrected chi connectivity index (χ1v) is 8.53. The van der Waals surface area contributed by atoms with Gasteiger partial charge in [-0.3, -0.25) is 14.9 Å². The fourth-order valence-electron chi connectivity index (χ4n) is 2.54. The van der Waals surface area contributed by atoms with Gasteiger partial charge in [-0.25, -0.2) is 4.98 Å². The Kier molecular flexibility index (Phi) is 4.00. The molecule has 2 heterocycles. The number of hydrogen-bond acceptors (Lipinski definition) is 5. The minimum Gasteiger partial charge on any atom is -0.430 e. The number of oxazole rings is 1. The number of thioether (sulfide) groups is 1. The van der Waals surface area contributed by atoms with E-state index in [1.165, 1.54) is 0 Å². The van der Waals surface area contributed by atoms with Crippen LogP contribution in [0.3, 0.4) is 0 Å². The van der Waals surface area contributed by atoms with Crippen molar-refractivity contribution in [3.8, 4) is 11.8 Å². The molecule has 0 radical (unpaired) electrons. The van der Waals surface area contributed by atoms with E-state index >= 15 is 0 Å². The van der Waals surface area contributed by atoms with Crippen LogP contribution in [-0.2, 0) is 11.2 Å². The predicted octanol–water partition coefficient (Wildman–Crippen LogP) is 3.12. The van der Waals surface area contributed by atoms with Crippen LogP contribution in [0.15, 0.2) is 52.9 Å². The standard InChI is InChI=1S/C19H12N2O3S/c22-18-16(25-19(23)21-18)11-13-6-8-15-14(10-13)20-17(24-15)9-7-12-4-2-1-3-5-12/h1-6,8,10,16H,11H2,(H,21,22,23). The fraction of sp³-hybridized carbons (Fsp3) is 0.105. The van der Waals surface area contributed by atoms with E-state index in [2.05, 4.69) is 22.1 Å². The van der Waals surface area contributed by atoms with Crippen molar-refractivity contribution in [2.45, 2.75) is 11.7 Å². The van der Waals surface area contributed by atoms with Crippen molar-refractivity contribution in [2.24, 2.45) is 0 Å². The highest BCUT2D eigenvalue weighted by atomic mass is 32.2. The van der Waals surface area contributed by atoms with Gasteiger partial charge >= 0.3 is 0 Å². The monoisotopic (exact) mass is 348 g/mol. The average molecular weight is 348 g/mol. The number of amides is 2. The van der Waals surface area contributed by atoms with Gasteiger partial charge in [-0.05, 0) is 42.2 Å². The molecule has 0 aliphatic carbocycles. The summed E-state index contributed by atoms with van der Waals surface area (Å²) in [6, 6.07) is 15.2. The van der Waals surface area contributed by atoms with Crippen LogP contribution in [0.2, 0.25) is 0 Å². The van der Waals surface area contributed by atoms with Crippen LogP contribution in [-0.4, -0.2) is 21.4 Å². The maximum atomic E-state index is 11.7. The molecule has 25 heavy (non-hydrogen) atoms. The Hall–Kier alpha value is -3.04. The second kappa shape index (κ2) is 6.46. The van der Waals surface area contributed by atoms with Crippen LogP contribution in [0.5, 0.6) is 0 Å². The maximum absolute atomic E-state index is 11.7. The van der Waals surface area contributed by atoms with E-state index in [-0.39, 0.29) is 11.1 Å². The number of fused-ring (bicyclic) bond motifs is 1. The SMILES string of the molecule is O=C1NC(=O)C(Cc2ccc3oc(C#Cc4ccccc4)nc3c2)S1. The summed E-state index contributed by atoms with van der Waals surface area (Å²) in [5.41, 5.74) is 3.13. The summed E-state index contributed by atoms with van der Waals surface area (Å²) >= 11 is 1.02. The molecule has 1 aliphatic heterocycles. The van der Waals surface area contributed by atoms with Gasteiger partial charge in [-0.15, -0.1) is 0 Å². The van der Waals surface area contributed by atoms with Crippen molar-refractivity contribution in [3.05, 3.63) is 65.5 Å². The van der Waals surface area contributed by atoms with Gasteiger partial charge in [0.1, 0.15) is 5.52 Å². The Balaban J connectivity index is 1.56. The lowest BCUT2D eigenvalue weighted by atomic mass is 10.1. The predicted molar refractivity (Wildman–Crippen MR) is 95.1 cm³/mol. The van der Waals surface area contributed by atoms with Crippen LogP contribution in [0, 0.1) is 11.8 Å². The van der Waals surface area contributed by atoms with E-state index in [1.54, 1.807) is 0 Å². The molecule has 1 unspecified atom stereocenters. The van der Waals surface area contributed by atoms with Gasteiger partial charge in [0.05, 0.1) is 5.25 Å². The number of benzene rings is 2. The second-order valence-electron chi connectivity index (χ2n) is 5.52. The van der Waals surface area contributed by atoms with E-state index in [1.807, 2.05) is 48.5 Å². The number of hydrogen-bond donors (Lipinski definition) is 1. The number of rotatable bonds is 2. The normalized spacial score (nSPS) is 16.6. The molecule has 1 aromatic heterocycles. The minimum atomic E-state index is -0.394. The van der Waals surface area contributed by atoms with E-state index in [4.69, 9.17) is 4.42 Å². The first-order valence-electron chi connectivity index (χ1n) is 7.65. The van der Waals surface area contributed by atoms with Crippen LogP contribution in [0.25, 0.3) is 11.1 Å². The van der Waals surface area contributed by atoms with E-state index in [0.717, 1.165) is 22.9 Å². The highest BCUT2D eigenvalue weighted by Crippen LogP contribution is 2.25. The lowest BCUT2D eigenvalue weighted by Gasteiger charge is -2.04. The van der Waals surface area contributed by atoms with Gasteiger partial charge in [0.2, 0.25) is 5.91 Å². The quantitative estimate of drug-likeness (QED) is 0.721. The third-order valence-electron chi connectivity index (χ3n) is 3.73. The van der Waals surface area contributed by atoms with Gasteiger partial charge in [-0.1, -0.05) is 41.9 Å². The van der Waals surface area contributed by atoms with Crippen LogP contribution >= 0.6 is 11.8 Å². The Bertz CT molecular complexity index is 1030. The average Bonchev–Trinajstić information content (AvgIpc) is 3.16. The van der Waals surface area contributed by atoms with E-state index in [9.17, 15) is 9.59 Å². The number of carbonyl (C=O) groups is 2. The molecule has 1 fully saturated rings. The Morgan fingerprint density at radius 1 is 1.12 bits per heavy atom. The van der Waals surface area contributed by atoms with Gasteiger partial charge in [0.25, 0.3) is 11.1 Å². The third kappa shape index (κ3) is 3.42. The first-order chi connectivity index (χ1) is 12.2. The lowest BCUT2D eigenvalue weighted by molar-refractivity contribution is -0.118. The zero-order valence-electron chi connectivity index (χ0n) is 13.0. The van der Waals surface area contributed by atoms with Crippen LogP contribution in [0.1, 0.15) is 17.0 Å². The first kappa shape index (κ1) is 15.5. The highest BCUT2D eigenvalue weighted by Gasteiger charge is 2.31. The number of aromatic nitrogens is 1. The van der Waals surface area contributed by atoms with Gasteiger partial charge in [-0.2, -0.15) is 0 Å². The summed E-state index contributed by atoms with van der Waals surface area (Å²) in [6.07, 6.45) is 0.468. The van der Waals surface area contributed by atoms with Crippen molar-refractivity contribution >= 4 is 34.0 Å². The van der Waals surface area contributed by atoms with Gasteiger partial charge in [0.15, 0.2) is 5.58 Å². The van der Waals surface area contributed by atoms with Crippen molar-refractivity contribution in [3.63, 3.8) is 0 Å². The molecule has 6 heteroatoms. The summed E-state index contributed by atoms with van der Waals surface area (Å²) in [5, 5.41) is 1.60. The van der Waals surface area contributed by atoms with Crippen LogP contribution < -0.4 is 5.32 Å². The molecule has 1 aliphatic rings. The molecule has 3 aromatic rings. The number of imide groups is 1. The number of carbonyl (C=O) groups excluding carboxylic acids is 2. The molecule has 2 amide bonds. The number of nitrogens with one attached hydrogen (secondary N) is 1. The second-order valence-corrected chi connectivity index (χ2v) is 6.70. The molecule has 4 rings (SSSR count). The van der Waals surface area contributed by atoms with E-state index < -0.39 is 5.25 Å². The minimum absolute atomic E-state index is 0.246. The molecule has 5 nitrogen and oxygen atoms in total. The molecule has 0 saturated carbocycles. The highest BCUT2D eigenvalue weighted by molar-refractivity contribution is 8.15. The summed E-state index contributed by atoms with van der Waals surface area (Å²) in [7, 11) is 0. The van der Waals surface area contributed by atoms with Crippen molar-refractivity contribution in [2.75, 3.05) is 0 Å². The van der Waals surface area contributed by atoms with Gasteiger partial charge < -0.3 is 4.42 Å². The molecule has 0 bridgehead atoms. The summed E-state index contributed by atoms with van der Waals surface area (Å²) in [5.74, 6) is 6.02. The maximum Gasteiger partial charge on any atom is 0.286 e. The molecule has 0 spiro atoms. The fourth-order valence-corrected chi connectivity index (χ4v) is 3.40. The lowest BCUT2D eigenvalue weighted by Crippen LogP contribution is -2.25. The largest absolute Gasteiger partial charge is 0.430 e. The Morgan fingerprint density at radius 3 is 2.72 bits per heavy atom. The van der Waals surface area contributed by atoms with Crippen molar-refractivity contribution < 1.29 is 14.0 Å². The summed E-state index contributed by atoms with van der Waals surface area (Å²) in [6.45, 7) is 0. The van der Waals surface area contributed by atoms with Crippen LogP contribution in [0.4, 0.5) is 4.79 Å². The topological polar surface area (TPSA) is 72.2 Å². The molecule has 1 N–H and O–H groups in total. The molecular weight excluding hydrogens is 336 g/mol. The Morgan fingerprint density at radius 2 is 1.96 bits per heavy atom. The zero-order valence-corrected chi connectivity index (χ0v) is 13.8. The summed E-state index contributed by atoms with van der Waals surface area (Å²) < 4.78 is 5.63. The molecule has 2 aromatic carbocycles. The number of nitrogens with zero attached hydrogens (tertiary/aromatic N) is 1.